The Morgan fingerprint density at radius 1 is 1.33 bits per heavy atom. The van der Waals surface area contributed by atoms with Gasteiger partial charge >= 0.3 is 0 Å². The van der Waals surface area contributed by atoms with Crippen LogP contribution in [-0.4, -0.2) is 20.9 Å². The number of benzene rings is 1. The van der Waals surface area contributed by atoms with Crippen LogP contribution in [0.2, 0.25) is 10.0 Å². The van der Waals surface area contributed by atoms with Crippen LogP contribution in [0.1, 0.15) is 23.7 Å². The van der Waals surface area contributed by atoms with Crippen molar-refractivity contribution in [2.75, 3.05) is 6.54 Å². The van der Waals surface area contributed by atoms with Gasteiger partial charge in [-0.15, -0.1) is 0 Å². The molecule has 100 valence electrons. The van der Waals surface area contributed by atoms with Gasteiger partial charge in [0.1, 0.15) is 0 Å². The van der Waals surface area contributed by atoms with Gasteiger partial charge in [-0.1, -0.05) is 30.1 Å². The van der Waals surface area contributed by atoms with E-state index in [2.05, 4.69) is 5.32 Å². The molecule has 0 aliphatic rings. The Balaban J connectivity index is 3.27. The van der Waals surface area contributed by atoms with Crippen LogP contribution in [0.25, 0.3) is 0 Å². The third kappa shape index (κ3) is 3.75. The number of carbonyl (C=O) groups excluding carboxylic acids is 1. The molecule has 0 saturated carbocycles. The summed E-state index contributed by atoms with van der Waals surface area (Å²) in [6.07, 6.45) is 0.741. The minimum Gasteiger partial charge on any atom is -0.352 e. The van der Waals surface area contributed by atoms with Crippen LogP contribution in [-0.2, 0) is 9.05 Å². The number of hydrogen-bond donors (Lipinski definition) is 1. The van der Waals surface area contributed by atoms with Crippen molar-refractivity contribution in [3.63, 3.8) is 0 Å². The van der Waals surface area contributed by atoms with Crippen LogP contribution in [0.5, 0.6) is 0 Å². The van der Waals surface area contributed by atoms with Crippen molar-refractivity contribution in [3.8, 4) is 0 Å². The number of halogens is 3. The standard InChI is InChI=1S/C10H10Cl3NO3S/c1-2-3-14-10(15)7-4-6(18(13,16)17)5-8(11)9(7)12/h4-5H,2-3H2,1H3,(H,14,15). The second kappa shape index (κ2) is 6.10. The molecule has 1 N–H and O–H groups in total. The fourth-order valence-corrected chi connectivity index (χ4v) is 2.47. The molecule has 0 heterocycles. The van der Waals surface area contributed by atoms with E-state index in [1.807, 2.05) is 6.92 Å². The summed E-state index contributed by atoms with van der Waals surface area (Å²) in [4.78, 5) is 11.5. The van der Waals surface area contributed by atoms with Gasteiger partial charge in [0.25, 0.3) is 15.0 Å². The van der Waals surface area contributed by atoms with Gasteiger partial charge in [0.2, 0.25) is 0 Å². The average Bonchev–Trinajstić information content (AvgIpc) is 2.27. The number of rotatable bonds is 4. The first-order chi connectivity index (χ1) is 8.27. The van der Waals surface area contributed by atoms with Crippen molar-refractivity contribution in [1.29, 1.82) is 0 Å². The Morgan fingerprint density at radius 3 is 2.44 bits per heavy atom. The molecule has 0 aromatic heterocycles. The second-order valence-corrected chi connectivity index (χ2v) is 6.81. The topological polar surface area (TPSA) is 63.2 Å². The van der Waals surface area contributed by atoms with Crippen molar-refractivity contribution in [3.05, 3.63) is 27.7 Å². The van der Waals surface area contributed by atoms with Gasteiger partial charge in [-0.05, 0) is 18.6 Å². The molecule has 8 heteroatoms. The molecule has 0 aliphatic heterocycles. The summed E-state index contributed by atoms with van der Waals surface area (Å²) in [5.74, 6) is -0.495. The van der Waals surface area contributed by atoms with Gasteiger partial charge in [0.15, 0.2) is 0 Å². The first kappa shape index (κ1) is 15.6. The van der Waals surface area contributed by atoms with Crippen molar-refractivity contribution in [2.45, 2.75) is 18.2 Å². The molecule has 0 spiro atoms. The van der Waals surface area contributed by atoms with Crippen LogP contribution in [0.3, 0.4) is 0 Å². The van der Waals surface area contributed by atoms with E-state index in [1.54, 1.807) is 0 Å². The Labute approximate surface area is 120 Å². The Kier molecular flexibility index (Phi) is 5.28. The van der Waals surface area contributed by atoms with Crippen molar-refractivity contribution < 1.29 is 13.2 Å². The highest BCUT2D eigenvalue weighted by atomic mass is 35.7. The molecule has 1 amide bonds. The summed E-state index contributed by atoms with van der Waals surface area (Å²) in [5.41, 5.74) is -0.0168. The van der Waals surface area contributed by atoms with Crippen molar-refractivity contribution >= 4 is 48.8 Å². The Hall–Kier alpha value is -0.490. The molecule has 0 unspecified atom stereocenters. The van der Waals surface area contributed by atoms with E-state index >= 15 is 0 Å². The van der Waals surface area contributed by atoms with E-state index in [-0.39, 0.29) is 20.5 Å². The predicted octanol–water partition coefficient (Wildman–Crippen LogP) is 3.06. The summed E-state index contributed by atoms with van der Waals surface area (Å²) < 4.78 is 22.4. The van der Waals surface area contributed by atoms with Gasteiger partial charge < -0.3 is 5.32 Å². The van der Waals surface area contributed by atoms with E-state index in [0.29, 0.717) is 6.54 Å². The number of nitrogens with one attached hydrogen (secondary N) is 1. The molecule has 1 aromatic carbocycles. The van der Waals surface area contributed by atoms with Crippen LogP contribution in [0, 0.1) is 0 Å². The van der Waals surface area contributed by atoms with E-state index in [4.69, 9.17) is 33.9 Å². The predicted molar refractivity (Wildman–Crippen MR) is 72.1 cm³/mol. The van der Waals surface area contributed by atoms with Gasteiger partial charge in [0.05, 0.1) is 20.5 Å². The molecule has 0 bridgehead atoms. The van der Waals surface area contributed by atoms with Gasteiger partial charge in [-0.3, -0.25) is 4.79 Å². The maximum Gasteiger partial charge on any atom is 0.261 e. The van der Waals surface area contributed by atoms with E-state index < -0.39 is 15.0 Å². The van der Waals surface area contributed by atoms with Gasteiger partial charge in [-0.25, -0.2) is 8.42 Å². The lowest BCUT2D eigenvalue weighted by Crippen LogP contribution is -2.24. The normalized spacial score (nSPS) is 11.3. The highest BCUT2D eigenvalue weighted by molar-refractivity contribution is 8.13. The lowest BCUT2D eigenvalue weighted by Gasteiger charge is -2.08. The van der Waals surface area contributed by atoms with E-state index in [9.17, 15) is 13.2 Å². The third-order valence-corrected chi connectivity index (χ3v) is 4.20. The third-order valence-electron chi connectivity index (χ3n) is 2.06. The highest BCUT2D eigenvalue weighted by Gasteiger charge is 2.19. The second-order valence-electron chi connectivity index (χ2n) is 3.46. The van der Waals surface area contributed by atoms with Gasteiger partial charge in [-0.2, -0.15) is 0 Å². The maximum atomic E-state index is 11.8. The molecule has 4 nitrogen and oxygen atoms in total. The zero-order valence-corrected chi connectivity index (χ0v) is 12.4. The molecule has 1 aromatic rings. The van der Waals surface area contributed by atoms with Gasteiger partial charge in [0, 0.05) is 17.2 Å². The zero-order valence-electron chi connectivity index (χ0n) is 9.34. The summed E-state index contributed by atoms with van der Waals surface area (Å²) >= 11 is 11.6. The highest BCUT2D eigenvalue weighted by Crippen LogP contribution is 2.30. The zero-order chi connectivity index (χ0) is 13.9. The summed E-state index contributed by atoms with van der Waals surface area (Å²) in [5, 5.41) is 2.53. The number of carbonyl (C=O) groups is 1. The Morgan fingerprint density at radius 2 is 1.94 bits per heavy atom. The quantitative estimate of drug-likeness (QED) is 0.863. The molecule has 18 heavy (non-hydrogen) atoms. The molecular weight excluding hydrogens is 321 g/mol. The average molecular weight is 331 g/mol. The first-order valence-corrected chi connectivity index (χ1v) is 8.05. The smallest absolute Gasteiger partial charge is 0.261 e. The van der Waals surface area contributed by atoms with E-state index in [1.165, 1.54) is 0 Å². The molecule has 0 saturated heterocycles. The number of amides is 1. The molecule has 0 atom stereocenters. The maximum absolute atomic E-state index is 11.8. The van der Waals surface area contributed by atoms with Crippen LogP contribution in [0.4, 0.5) is 0 Å². The molecule has 0 fully saturated rings. The minimum atomic E-state index is -3.97. The Bertz CT molecular complexity index is 572. The van der Waals surface area contributed by atoms with Crippen molar-refractivity contribution in [1.82, 2.24) is 5.32 Å². The summed E-state index contributed by atoms with van der Waals surface area (Å²) in [6.45, 7) is 2.33. The summed E-state index contributed by atoms with van der Waals surface area (Å²) in [7, 11) is 1.23. The molecule has 1 rings (SSSR count). The largest absolute Gasteiger partial charge is 0.352 e. The van der Waals surface area contributed by atoms with Crippen LogP contribution >= 0.6 is 33.9 Å². The fraction of sp³-hybridized carbons (Fsp3) is 0.300. The SMILES string of the molecule is CCCNC(=O)c1cc(S(=O)(=O)Cl)cc(Cl)c1Cl. The molecule has 0 radical (unpaired) electrons. The lowest BCUT2D eigenvalue weighted by molar-refractivity contribution is 0.0953. The monoisotopic (exact) mass is 329 g/mol. The van der Waals surface area contributed by atoms with Crippen LogP contribution < -0.4 is 5.32 Å². The molecule has 0 aliphatic carbocycles. The molecular formula is C10H10Cl3NO3S. The lowest BCUT2D eigenvalue weighted by atomic mass is 10.2. The summed E-state index contributed by atoms with van der Waals surface area (Å²) in [6, 6.07) is 2.20. The fourth-order valence-electron chi connectivity index (χ4n) is 1.20. The van der Waals surface area contributed by atoms with Crippen LogP contribution in [0.15, 0.2) is 17.0 Å². The van der Waals surface area contributed by atoms with E-state index in [0.717, 1.165) is 18.6 Å². The minimum absolute atomic E-state index is 0.00524. The number of hydrogen-bond acceptors (Lipinski definition) is 3. The van der Waals surface area contributed by atoms with Crippen molar-refractivity contribution in [2.24, 2.45) is 0 Å². The first-order valence-electron chi connectivity index (χ1n) is 4.99.